The van der Waals surface area contributed by atoms with Crippen LogP contribution in [0.2, 0.25) is 0 Å². The van der Waals surface area contributed by atoms with Gasteiger partial charge in [-0.15, -0.1) is 0 Å². The summed E-state index contributed by atoms with van der Waals surface area (Å²) in [5.74, 6) is -0.0520. The van der Waals surface area contributed by atoms with Crippen LogP contribution >= 0.6 is 0 Å². The van der Waals surface area contributed by atoms with Gasteiger partial charge in [0.05, 0.1) is 6.10 Å². The zero-order chi connectivity index (χ0) is 10.4. The molecule has 0 aliphatic heterocycles. The predicted molar refractivity (Wildman–Crippen MR) is 56.8 cm³/mol. The Bertz CT molecular complexity index is 312. The molecule has 0 saturated heterocycles. The first-order chi connectivity index (χ1) is 6.68. The lowest BCUT2D eigenvalue weighted by Crippen LogP contribution is -2.06. The van der Waals surface area contributed by atoms with Crippen molar-refractivity contribution in [3.63, 3.8) is 0 Å². The Kier molecular flexibility index (Phi) is 4.08. The summed E-state index contributed by atoms with van der Waals surface area (Å²) in [6.45, 7) is 1.61. The van der Waals surface area contributed by atoms with Crippen LogP contribution in [0.3, 0.4) is 0 Å². The zero-order valence-corrected chi connectivity index (χ0v) is 8.18. The second-order valence-corrected chi connectivity index (χ2v) is 3.26. The monoisotopic (exact) mass is 190 g/mol. The van der Waals surface area contributed by atoms with Crippen LogP contribution in [0.15, 0.2) is 36.4 Å². The standard InChI is InChI=1S/C12H14O2/c1-10(13)9-12(14)8-7-11-5-3-2-4-6-11/h2-8,10,13H,9H2,1H3. The molecule has 1 unspecified atom stereocenters. The van der Waals surface area contributed by atoms with Gasteiger partial charge in [0.2, 0.25) is 0 Å². The van der Waals surface area contributed by atoms with Crippen LogP contribution in [-0.4, -0.2) is 17.0 Å². The highest BCUT2D eigenvalue weighted by atomic mass is 16.3. The van der Waals surface area contributed by atoms with Gasteiger partial charge in [0.1, 0.15) is 0 Å². The van der Waals surface area contributed by atoms with Crippen molar-refractivity contribution in [1.29, 1.82) is 0 Å². The number of aliphatic hydroxyl groups is 1. The molecule has 14 heavy (non-hydrogen) atoms. The molecule has 1 aromatic carbocycles. The van der Waals surface area contributed by atoms with Gasteiger partial charge in [-0.25, -0.2) is 0 Å². The number of rotatable bonds is 4. The smallest absolute Gasteiger partial charge is 0.158 e. The fraction of sp³-hybridized carbons (Fsp3) is 0.250. The minimum Gasteiger partial charge on any atom is -0.393 e. The fourth-order valence-corrected chi connectivity index (χ4v) is 1.11. The molecule has 1 aromatic rings. The number of hydrogen-bond acceptors (Lipinski definition) is 2. The van der Waals surface area contributed by atoms with Crippen molar-refractivity contribution in [2.75, 3.05) is 0 Å². The molecule has 1 N–H and O–H groups in total. The van der Waals surface area contributed by atoms with Crippen molar-refractivity contribution in [3.8, 4) is 0 Å². The Balaban J connectivity index is 2.52. The second-order valence-electron chi connectivity index (χ2n) is 3.26. The molecule has 1 atom stereocenters. The van der Waals surface area contributed by atoms with Crippen LogP contribution in [-0.2, 0) is 4.79 Å². The first-order valence-corrected chi connectivity index (χ1v) is 4.62. The summed E-state index contributed by atoms with van der Waals surface area (Å²) in [7, 11) is 0. The van der Waals surface area contributed by atoms with Gasteiger partial charge in [-0.2, -0.15) is 0 Å². The van der Waals surface area contributed by atoms with Crippen molar-refractivity contribution in [3.05, 3.63) is 42.0 Å². The van der Waals surface area contributed by atoms with E-state index in [0.29, 0.717) is 0 Å². The van der Waals surface area contributed by atoms with Crippen LogP contribution in [0.25, 0.3) is 6.08 Å². The number of carbonyl (C=O) groups excluding carboxylic acids is 1. The topological polar surface area (TPSA) is 37.3 Å². The summed E-state index contributed by atoms with van der Waals surface area (Å²) in [4.78, 5) is 11.2. The molecule has 74 valence electrons. The van der Waals surface area contributed by atoms with E-state index in [1.807, 2.05) is 30.3 Å². The third-order valence-corrected chi connectivity index (χ3v) is 1.76. The maximum absolute atomic E-state index is 11.2. The minimum atomic E-state index is -0.567. The van der Waals surface area contributed by atoms with Crippen molar-refractivity contribution >= 4 is 11.9 Å². The maximum atomic E-state index is 11.2. The average Bonchev–Trinajstić information content (AvgIpc) is 2.15. The molecule has 0 aliphatic carbocycles. The van der Waals surface area contributed by atoms with Gasteiger partial charge in [0.25, 0.3) is 0 Å². The van der Waals surface area contributed by atoms with Gasteiger partial charge in [0, 0.05) is 6.42 Å². The molecule has 0 radical (unpaired) electrons. The van der Waals surface area contributed by atoms with Crippen LogP contribution in [0.4, 0.5) is 0 Å². The van der Waals surface area contributed by atoms with E-state index < -0.39 is 6.10 Å². The Morgan fingerprint density at radius 1 is 1.43 bits per heavy atom. The number of carbonyl (C=O) groups is 1. The lowest BCUT2D eigenvalue weighted by molar-refractivity contribution is -0.116. The molecule has 0 fully saturated rings. The summed E-state index contributed by atoms with van der Waals surface area (Å²) >= 11 is 0. The van der Waals surface area contributed by atoms with Gasteiger partial charge in [0.15, 0.2) is 5.78 Å². The lowest BCUT2D eigenvalue weighted by Gasteiger charge is -1.98. The minimum absolute atomic E-state index is 0.0520. The quantitative estimate of drug-likeness (QED) is 0.738. The SMILES string of the molecule is CC(O)CC(=O)C=Cc1ccccc1. The van der Waals surface area contributed by atoms with Gasteiger partial charge in [-0.1, -0.05) is 36.4 Å². The second kappa shape index (κ2) is 5.35. The molecule has 2 heteroatoms. The summed E-state index contributed by atoms with van der Waals surface area (Å²) in [6.07, 6.45) is 2.87. The van der Waals surface area contributed by atoms with Crippen molar-refractivity contribution in [2.45, 2.75) is 19.4 Å². The fourth-order valence-electron chi connectivity index (χ4n) is 1.11. The molecule has 1 rings (SSSR count). The first-order valence-electron chi connectivity index (χ1n) is 4.62. The molecule has 0 aromatic heterocycles. The molecular formula is C12H14O2. The van der Waals surface area contributed by atoms with Crippen molar-refractivity contribution in [1.82, 2.24) is 0 Å². The van der Waals surface area contributed by atoms with Crippen LogP contribution in [0.5, 0.6) is 0 Å². The van der Waals surface area contributed by atoms with Gasteiger partial charge in [-0.05, 0) is 18.6 Å². The summed E-state index contributed by atoms with van der Waals surface area (Å²) in [5, 5.41) is 8.97. The normalized spacial score (nSPS) is 13.0. The first kappa shape index (κ1) is 10.7. The third-order valence-electron chi connectivity index (χ3n) is 1.76. The van der Waals surface area contributed by atoms with Gasteiger partial charge in [-0.3, -0.25) is 4.79 Å². The molecule has 0 heterocycles. The Hall–Kier alpha value is -1.41. The Morgan fingerprint density at radius 3 is 2.64 bits per heavy atom. The number of ketones is 1. The van der Waals surface area contributed by atoms with E-state index in [1.165, 1.54) is 6.08 Å². The molecule has 0 saturated carbocycles. The highest BCUT2D eigenvalue weighted by Gasteiger charge is 2.01. The van der Waals surface area contributed by atoms with E-state index in [2.05, 4.69) is 0 Å². The Morgan fingerprint density at radius 2 is 2.07 bits per heavy atom. The molecule has 0 spiro atoms. The molecule has 2 nitrogen and oxygen atoms in total. The summed E-state index contributed by atoms with van der Waals surface area (Å²) in [5.41, 5.74) is 0.992. The van der Waals surface area contributed by atoms with E-state index in [1.54, 1.807) is 13.0 Å². The number of aliphatic hydroxyl groups excluding tert-OH is 1. The zero-order valence-electron chi connectivity index (χ0n) is 8.18. The summed E-state index contributed by atoms with van der Waals surface area (Å²) in [6, 6.07) is 9.60. The van der Waals surface area contributed by atoms with Gasteiger partial charge >= 0.3 is 0 Å². The largest absolute Gasteiger partial charge is 0.393 e. The van der Waals surface area contributed by atoms with E-state index >= 15 is 0 Å². The van der Waals surface area contributed by atoms with Crippen molar-refractivity contribution in [2.24, 2.45) is 0 Å². The van der Waals surface area contributed by atoms with E-state index in [0.717, 1.165) is 5.56 Å². The number of allylic oxidation sites excluding steroid dienone is 1. The average molecular weight is 190 g/mol. The molecule has 0 aliphatic rings. The highest BCUT2D eigenvalue weighted by Crippen LogP contribution is 2.02. The van der Waals surface area contributed by atoms with Crippen LogP contribution in [0, 0.1) is 0 Å². The van der Waals surface area contributed by atoms with Crippen LogP contribution in [0.1, 0.15) is 18.9 Å². The van der Waals surface area contributed by atoms with E-state index in [4.69, 9.17) is 5.11 Å². The molecule has 0 bridgehead atoms. The van der Waals surface area contributed by atoms with E-state index in [9.17, 15) is 4.79 Å². The summed E-state index contributed by atoms with van der Waals surface area (Å²) < 4.78 is 0. The predicted octanol–water partition coefficient (Wildman–Crippen LogP) is 2.04. The number of benzene rings is 1. The lowest BCUT2D eigenvalue weighted by atomic mass is 10.1. The Labute approximate surface area is 83.9 Å². The molecule has 0 amide bonds. The van der Waals surface area contributed by atoms with Crippen LogP contribution < -0.4 is 0 Å². The highest BCUT2D eigenvalue weighted by molar-refractivity contribution is 5.93. The maximum Gasteiger partial charge on any atom is 0.158 e. The number of hydrogen-bond donors (Lipinski definition) is 1. The van der Waals surface area contributed by atoms with E-state index in [-0.39, 0.29) is 12.2 Å². The van der Waals surface area contributed by atoms with Gasteiger partial charge < -0.3 is 5.11 Å². The molecular weight excluding hydrogens is 176 g/mol. The third kappa shape index (κ3) is 4.01. The van der Waals surface area contributed by atoms with Crippen molar-refractivity contribution < 1.29 is 9.90 Å².